The number of rotatable bonds is 10. The number of aliphatic hydroxyl groups is 2. The van der Waals surface area contributed by atoms with Crippen LogP contribution < -0.4 is 0 Å². The summed E-state index contributed by atoms with van der Waals surface area (Å²) >= 11 is 0. The van der Waals surface area contributed by atoms with Crippen LogP contribution in [0.4, 0.5) is 0 Å². The SMILES string of the molecule is CCC(C)C(=O)O[C@H]1CC(O)C=C2C=CC(C)C(CCC(O)C[C@@H](C)CC(=O)O)C21. The van der Waals surface area contributed by atoms with Crippen molar-refractivity contribution >= 4 is 11.9 Å². The highest BCUT2D eigenvalue weighted by Crippen LogP contribution is 2.44. The van der Waals surface area contributed by atoms with E-state index in [1.54, 1.807) is 0 Å². The average molecular weight is 423 g/mol. The number of aliphatic carboxylic acids is 1. The van der Waals surface area contributed by atoms with Crippen LogP contribution in [0.15, 0.2) is 23.8 Å². The molecular weight excluding hydrogens is 384 g/mol. The summed E-state index contributed by atoms with van der Waals surface area (Å²) in [5.41, 5.74) is 1.01. The van der Waals surface area contributed by atoms with Crippen molar-refractivity contribution < 1.29 is 29.6 Å². The van der Waals surface area contributed by atoms with E-state index in [9.17, 15) is 19.8 Å². The predicted octanol–water partition coefficient (Wildman–Crippen LogP) is 3.72. The maximum absolute atomic E-state index is 12.5. The molecule has 6 unspecified atom stereocenters. The van der Waals surface area contributed by atoms with E-state index in [0.29, 0.717) is 25.7 Å². The van der Waals surface area contributed by atoms with Crippen LogP contribution >= 0.6 is 0 Å². The summed E-state index contributed by atoms with van der Waals surface area (Å²) < 4.78 is 5.88. The third kappa shape index (κ3) is 6.67. The van der Waals surface area contributed by atoms with Crippen molar-refractivity contribution in [3.8, 4) is 0 Å². The van der Waals surface area contributed by atoms with Crippen LogP contribution in [-0.2, 0) is 14.3 Å². The standard InChI is InChI=1S/C24H38O6/c1-5-15(3)24(29)30-21-13-19(26)12-17-7-6-16(4)20(23(17)21)9-8-18(25)10-14(2)11-22(27)28/h6-7,12,14-16,18-21,23,25-26H,5,8-11,13H2,1-4H3,(H,27,28)/t14-,15?,16?,18?,19?,20?,21+,23?/m1/s1. The third-order valence-electron chi connectivity index (χ3n) is 6.69. The van der Waals surface area contributed by atoms with Crippen LogP contribution in [0.1, 0.15) is 66.2 Å². The van der Waals surface area contributed by atoms with Crippen LogP contribution in [0.2, 0.25) is 0 Å². The van der Waals surface area contributed by atoms with Gasteiger partial charge in [0.25, 0.3) is 0 Å². The number of esters is 1. The van der Waals surface area contributed by atoms with Gasteiger partial charge in [-0.25, -0.2) is 0 Å². The Bertz CT molecular complexity index is 654. The molecule has 0 spiro atoms. The zero-order chi connectivity index (χ0) is 22.4. The predicted molar refractivity (Wildman–Crippen MR) is 115 cm³/mol. The minimum atomic E-state index is -0.845. The van der Waals surface area contributed by atoms with Crippen molar-refractivity contribution in [3.63, 3.8) is 0 Å². The lowest BCUT2D eigenvalue weighted by Crippen LogP contribution is -2.43. The van der Waals surface area contributed by atoms with Crippen molar-refractivity contribution in [1.82, 2.24) is 0 Å². The Balaban J connectivity index is 2.09. The molecule has 0 saturated heterocycles. The first-order valence-electron chi connectivity index (χ1n) is 11.3. The number of carboxylic acid groups (broad SMARTS) is 1. The number of carboxylic acids is 1. The Labute approximate surface area is 180 Å². The average Bonchev–Trinajstić information content (AvgIpc) is 2.65. The maximum Gasteiger partial charge on any atom is 0.308 e. The van der Waals surface area contributed by atoms with Crippen molar-refractivity contribution in [3.05, 3.63) is 23.8 Å². The highest BCUT2D eigenvalue weighted by atomic mass is 16.5. The highest BCUT2D eigenvalue weighted by molar-refractivity contribution is 5.72. The van der Waals surface area contributed by atoms with E-state index >= 15 is 0 Å². The topological polar surface area (TPSA) is 104 Å². The van der Waals surface area contributed by atoms with Gasteiger partial charge in [0.05, 0.1) is 18.1 Å². The molecule has 0 bridgehead atoms. The van der Waals surface area contributed by atoms with Gasteiger partial charge in [0, 0.05) is 18.8 Å². The number of hydrogen-bond acceptors (Lipinski definition) is 5. The molecule has 0 aromatic heterocycles. The van der Waals surface area contributed by atoms with Crippen molar-refractivity contribution in [2.24, 2.45) is 29.6 Å². The van der Waals surface area contributed by atoms with Gasteiger partial charge in [-0.1, -0.05) is 45.9 Å². The molecule has 2 aliphatic rings. The number of aliphatic hydroxyl groups excluding tert-OH is 2. The molecule has 170 valence electrons. The number of allylic oxidation sites excluding steroid dienone is 2. The molecular formula is C24H38O6. The molecule has 0 radical (unpaired) electrons. The summed E-state index contributed by atoms with van der Waals surface area (Å²) in [5.74, 6) is -0.870. The molecule has 2 aliphatic carbocycles. The van der Waals surface area contributed by atoms with Crippen LogP contribution in [0.5, 0.6) is 0 Å². The lowest BCUT2D eigenvalue weighted by Gasteiger charge is -2.43. The molecule has 0 aromatic rings. The molecule has 8 atom stereocenters. The van der Waals surface area contributed by atoms with Crippen LogP contribution in [0.25, 0.3) is 0 Å². The lowest BCUT2D eigenvalue weighted by atomic mass is 9.66. The summed E-state index contributed by atoms with van der Waals surface area (Å²) in [7, 11) is 0. The lowest BCUT2D eigenvalue weighted by molar-refractivity contribution is -0.159. The fourth-order valence-electron chi connectivity index (χ4n) is 4.77. The van der Waals surface area contributed by atoms with E-state index in [2.05, 4.69) is 13.0 Å². The Kier molecular flexibility index (Phi) is 9.10. The molecule has 0 aromatic carbocycles. The van der Waals surface area contributed by atoms with Gasteiger partial charge < -0.3 is 20.1 Å². The van der Waals surface area contributed by atoms with Crippen molar-refractivity contribution in [2.75, 3.05) is 0 Å². The van der Waals surface area contributed by atoms with E-state index in [1.807, 2.05) is 32.9 Å². The molecule has 0 saturated carbocycles. The summed E-state index contributed by atoms with van der Waals surface area (Å²) in [6.45, 7) is 7.79. The van der Waals surface area contributed by atoms with Crippen molar-refractivity contribution in [2.45, 2.75) is 84.5 Å². The zero-order valence-corrected chi connectivity index (χ0v) is 18.7. The molecule has 6 nitrogen and oxygen atoms in total. The van der Waals surface area contributed by atoms with E-state index in [1.165, 1.54) is 0 Å². The fraction of sp³-hybridized carbons (Fsp3) is 0.750. The smallest absolute Gasteiger partial charge is 0.308 e. The molecule has 0 fully saturated rings. The van der Waals surface area contributed by atoms with E-state index in [4.69, 9.17) is 9.84 Å². The second kappa shape index (κ2) is 11.1. The quantitative estimate of drug-likeness (QED) is 0.464. The van der Waals surface area contributed by atoms with Gasteiger partial charge in [0.2, 0.25) is 0 Å². The molecule has 6 heteroatoms. The van der Waals surface area contributed by atoms with Gasteiger partial charge in [-0.2, -0.15) is 0 Å². The first-order valence-corrected chi connectivity index (χ1v) is 11.3. The Hall–Kier alpha value is -1.66. The Morgan fingerprint density at radius 3 is 2.63 bits per heavy atom. The summed E-state index contributed by atoms with van der Waals surface area (Å²) in [6, 6.07) is 0. The Morgan fingerprint density at radius 1 is 1.30 bits per heavy atom. The number of carbonyl (C=O) groups excluding carboxylic acids is 1. The second-order valence-electron chi connectivity index (χ2n) is 9.33. The summed E-state index contributed by atoms with van der Waals surface area (Å²) in [5, 5.41) is 29.6. The van der Waals surface area contributed by atoms with E-state index < -0.39 is 18.2 Å². The minimum absolute atomic E-state index is 0.00468. The van der Waals surface area contributed by atoms with Crippen LogP contribution in [-0.4, -0.2) is 45.6 Å². The number of hydrogen-bond donors (Lipinski definition) is 3. The largest absolute Gasteiger partial charge is 0.481 e. The molecule has 0 aliphatic heterocycles. The van der Waals surface area contributed by atoms with Gasteiger partial charge in [0.15, 0.2) is 0 Å². The van der Waals surface area contributed by atoms with Crippen LogP contribution in [0, 0.1) is 29.6 Å². The minimum Gasteiger partial charge on any atom is -0.481 e. The second-order valence-corrected chi connectivity index (χ2v) is 9.33. The molecule has 3 N–H and O–H groups in total. The first-order chi connectivity index (χ1) is 14.1. The highest BCUT2D eigenvalue weighted by Gasteiger charge is 2.42. The summed E-state index contributed by atoms with van der Waals surface area (Å²) in [4.78, 5) is 23.3. The summed E-state index contributed by atoms with van der Waals surface area (Å²) in [6.07, 6.45) is 7.40. The molecule has 0 amide bonds. The van der Waals surface area contributed by atoms with E-state index in [0.717, 1.165) is 12.0 Å². The van der Waals surface area contributed by atoms with Crippen molar-refractivity contribution in [1.29, 1.82) is 0 Å². The maximum atomic E-state index is 12.5. The normalized spacial score (nSPS) is 31.3. The third-order valence-corrected chi connectivity index (χ3v) is 6.69. The van der Waals surface area contributed by atoms with Gasteiger partial charge >= 0.3 is 11.9 Å². The monoisotopic (exact) mass is 422 g/mol. The van der Waals surface area contributed by atoms with Crippen LogP contribution in [0.3, 0.4) is 0 Å². The first kappa shape index (κ1) is 24.6. The number of carbonyl (C=O) groups is 2. The molecule has 30 heavy (non-hydrogen) atoms. The van der Waals surface area contributed by atoms with Gasteiger partial charge in [-0.05, 0) is 49.0 Å². The van der Waals surface area contributed by atoms with Gasteiger partial charge in [0.1, 0.15) is 6.10 Å². The number of fused-ring (bicyclic) bond motifs is 1. The fourth-order valence-corrected chi connectivity index (χ4v) is 4.77. The Morgan fingerprint density at radius 2 is 2.00 bits per heavy atom. The molecule has 0 heterocycles. The van der Waals surface area contributed by atoms with Gasteiger partial charge in [-0.3, -0.25) is 9.59 Å². The van der Waals surface area contributed by atoms with E-state index in [-0.39, 0.29) is 48.1 Å². The molecule has 2 rings (SSSR count). The number of ether oxygens (including phenoxy) is 1. The van der Waals surface area contributed by atoms with Gasteiger partial charge in [-0.15, -0.1) is 0 Å². The zero-order valence-electron chi connectivity index (χ0n) is 18.7.